The number of nitrogens with zero attached hydrogens (tertiary/aromatic N) is 4. The summed E-state index contributed by atoms with van der Waals surface area (Å²) in [7, 11) is 3.04. The van der Waals surface area contributed by atoms with Gasteiger partial charge >= 0.3 is 11.9 Å². The lowest BCUT2D eigenvalue weighted by Gasteiger charge is -2.57. The normalized spacial score (nSPS) is 23.6. The van der Waals surface area contributed by atoms with Gasteiger partial charge in [0, 0.05) is 61.7 Å². The van der Waals surface area contributed by atoms with E-state index in [1.54, 1.807) is 33.2 Å². The van der Waals surface area contributed by atoms with Crippen molar-refractivity contribution in [3.63, 3.8) is 0 Å². The van der Waals surface area contributed by atoms with Crippen LogP contribution in [0.2, 0.25) is 0 Å². The second-order valence-corrected chi connectivity index (χ2v) is 12.9. The number of non-ortho nitro benzene ring substituents is 1. The number of carbonyl (C=O) groups is 2. The molecule has 0 amide bonds. The van der Waals surface area contributed by atoms with E-state index in [1.807, 2.05) is 42.3 Å². The van der Waals surface area contributed by atoms with Gasteiger partial charge in [0.1, 0.15) is 24.0 Å². The highest BCUT2D eigenvalue weighted by Gasteiger charge is 2.64. The van der Waals surface area contributed by atoms with Gasteiger partial charge in [0.15, 0.2) is 11.5 Å². The molecule has 0 radical (unpaired) electrons. The van der Waals surface area contributed by atoms with Crippen molar-refractivity contribution in [3.05, 3.63) is 93.7 Å². The molecule has 1 aromatic heterocycles. The van der Waals surface area contributed by atoms with Crippen molar-refractivity contribution in [1.82, 2.24) is 14.5 Å². The number of nitro groups is 1. The Bertz CT molecular complexity index is 1700. The molecule has 0 spiro atoms. The monoisotopic (exact) mass is 660 g/mol. The molecule has 3 aromatic rings. The quantitative estimate of drug-likeness (QED) is 0.101. The Labute approximate surface area is 280 Å². The largest absolute Gasteiger partial charge is 0.486 e. The summed E-state index contributed by atoms with van der Waals surface area (Å²) in [5.74, 6) is 0.669. The van der Waals surface area contributed by atoms with Crippen LogP contribution in [-0.4, -0.2) is 69.3 Å². The number of ether oxygens (including phenoxy) is 3. The number of aliphatic carboxylic acids is 1. The first-order valence-electron chi connectivity index (χ1n) is 16.3. The smallest absolute Gasteiger partial charge is 0.336 e. The highest BCUT2D eigenvalue weighted by Crippen LogP contribution is 2.58. The van der Waals surface area contributed by atoms with Gasteiger partial charge in [-0.15, -0.1) is 0 Å². The summed E-state index contributed by atoms with van der Waals surface area (Å²) >= 11 is 0. The van der Waals surface area contributed by atoms with Crippen molar-refractivity contribution in [3.8, 4) is 11.5 Å². The lowest BCUT2D eigenvalue weighted by atomic mass is 9.50. The fraction of sp³-hybridized carbons (Fsp3) is 0.472. The molecule has 2 aliphatic heterocycles. The second-order valence-electron chi connectivity index (χ2n) is 12.9. The Morgan fingerprint density at radius 3 is 2.56 bits per heavy atom. The van der Waals surface area contributed by atoms with Crippen LogP contribution in [0.3, 0.4) is 0 Å². The molecule has 3 heterocycles. The molecule has 0 bridgehead atoms. The van der Waals surface area contributed by atoms with Crippen LogP contribution in [0.15, 0.2) is 72.2 Å². The lowest BCUT2D eigenvalue weighted by molar-refractivity contribution is -0.385. The highest BCUT2D eigenvalue weighted by molar-refractivity contribution is 5.96. The van der Waals surface area contributed by atoms with Crippen LogP contribution in [0, 0.1) is 15.5 Å². The topological polar surface area (TPSA) is 146 Å². The maximum absolute atomic E-state index is 13.6. The SMILES string of the molecule is COC(=O)C1=C(C)N(C)C(C)C(CCCCCCn2ccnc2CC2COc3ccccc3O2)(C(=O)O)C1(C)c1cccc([N+](=O)[O-])c1. The van der Waals surface area contributed by atoms with E-state index in [-0.39, 0.29) is 23.8 Å². The van der Waals surface area contributed by atoms with Gasteiger partial charge in [0.2, 0.25) is 0 Å². The number of benzene rings is 2. The van der Waals surface area contributed by atoms with Crippen molar-refractivity contribution in [1.29, 1.82) is 0 Å². The van der Waals surface area contributed by atoms with Crippen molar-refractivity contribution >= 4 is 17.6 Å². The minimum Gasteiger partial charge on any atom is -0.486 e. The standard InChI is InChI=1S/C36H44N4O8/c1-24-32(33(41)46-5)35(3,26-13-12-14-27(21-26)40(44)45)36(34(42)43,25(2)38(24)4)17-10-6-7-11-19-39-20-18-37-31(39)22-28-23-47-29-15-8-9-16-30(29)48-28/h8-9,12-16,18,20-21,25,28H,6-7,10-11,17,19,22-23H2,1-5H3,(H,42,43). The van der Waals surface area contributed by atoms with Crippen molar-refractivity contribution in [2.45, 2.75) is 83.4 Å². The number of allylic oxidation sites excluding steroid dienone is 1. The lowest BCUT2D eigenvalue weighted by Crippen LogP contribution is -2.64. The first kappa shape index (κ1) is 34.5. The molecule has 2 aromatic carbocycles. The van der Waals surface area contributed by atoms with Crippen LogP contribution in [-0.2, 0) is 32.7 Å². The number of imidazole rings is 1. The van der Waals surface area contributed by atoms with Crippen LogP contribution in [0.5, 0.6) is 11.5 Å². The number of hydrogen-bond donors (Lipinski definition) is 1. The number of carbonyl (C=O) groups excluding carboxylic acids is 1. The van der Waals surface area contributed by atoms with Gasteiger partial charge in [-0.2, -0.15) is 0 Å². The number of para-hydroxylation sites is 2. The van der Waals surface area contributed by atoms with E-state index >= 15 is 0 Å². The number of aryl methyl sites for hydroxylation is 1. The maximum Gasteiger partial charge on any atom is 0.336 e. The van der Waals surface area contributed by atoms with Crippen LogP contribution in [0.4, 0.5) is 5.69 Å². The zero-order valence-electron chi connectivity index (χ0n) is 28.2. The number of aromatic nitrogens is 2. The number of rotatable bonds is 13. The molecule has 4 unspecified atom stereocenters. The molecule has 0 fully saturated rings. The predicted octanol–water partition coefficient (Wildman–Crippen LogP) is 5.93. The number of methoxy groups -OCH3 is 1. The molecule has 12 heteroatoms. The molecular formula is C36H44N4O8. The summed E-state index contributed by atoms with van der Waals surface area (Å²) < 4.78 is 19.3. The molecule has 0 aliphatic carbocycles. The minimum absolute atomic E-state index is 0.142. The number of nitro benzene ring substituents is 1. The molecular weight excluding hydrogens is 616 g/mol. The van der Waals surface area contributed by atoms with E-state index in [0.29, 0.717) is 30.7 Å². The third-order valence-electron chi connectivity index (χ3n) is 10.5. The van der Waals surface area contributed by atoms with Crippen LogP contribution < -0.4 is 9.47 Å². The van der Waals surface area contributed by atoms with Gasteiger partial charge in [-0.3, -0.25) is 14.9 Å². The van der Waals surface area contributed by atoms with Crippen molar-refractivity contribution in [2.24, 2.45) is 5.41 Å². The zero-order chi connectivity index (χ0) is 34.6. The fourth-order valence-electron chi connectivity index (χ4n) is 7.69. The second kappa shape index (κ2) is 14.1. The minimum atomic E-state index is -1.50. The summed E-state index contributed by atoms with van der Waals surface area (Å²) in [6.07, 6.45) is 7.50. The Morgan fingerprint density at radius 2 is 1.85 bits per heavy atom. The average Bonchev–Trinajstić information content (AvgIpc) is 3.52. The number of unbranched alkanes of at least 4 members (excludes halogenated alkanes) is 3. The molecule has 1 N–H and O–H groups in total. The van der Waals surface area contributed by atoms with E-state index in [2.05, 4.69) is 9.55 Å². The Hall–Kier alpha value is -4.87. The molecule has 48 heavy (non-hydrogen) atoms. The third kappa shape index (κ3) is 6.11. The molecule has 2 aliphatic rings. The summed E-state index contributed by atoms with van der Waals surface area (Å²) in [5, 5.41) is 22.9. The van der Waals surface area contributed by atoms with Gasteiger partial charge in [-0.25, -0.2) is 9.78 Å². The highest BCUT2D eigenvalue weighted by atomic mass is 16.6. The van der Waals surface area contributed by atoms with Gasteiger partial charge in [-0.05, 0) is 51.3 Å². The third-order valence-corrected chi connectivity index (χ3v) is 10.5. The summed E-state index contributed by atoms with van der Waals surface area (Å²) in [4.78, 5) is 44.6. The number of fused-ring (bicyclic) bond motifs is 1. The van der Waals surface area contributed by atoms with E-state index < -0.39 is 33.7 Å². The van der Waals surface area contributed by atoms with E-state index in [1.165, 1.54) is 25.3 Å². The Morgan fingerprint density at radius 1 is 1.12 bits per heavy atom. The number of hydrogen-bond acceptors (Lipinski definition) is 9. The van der Waals surface area contributed by atoms with E-state index in [0.717, 1.165) is 43.1 Å². The van der Waals surface area contributed by atoms with Crippen LogP contribution >= 0.6 is 0 Å². The molecule has 0 saturated heterocycles. The molecule has 5 rings (SSSR count). The van der Waals surface area contributed by atoms with Crippen molar-refractivity contribution in [2.75, 3.05) is 20.8 Å². The van der Waals surface area contributed by atoms with E-state index in [9.17, 15) is 24.8 Å². The summed E-state index contributed by atoms with van der Waals surface area (Å²) in [6, 6.07) is 13.0. The fourth-order valence-corrected chi connectivity index (χ4v) is 7.69. The summed E-state index contributed by atoms with van der Waals surface area (Å²) in [5.41, 5.74) is -1.94. The van der Waals surface area contributed by atoms with Gasteiger partial charge in [-0.1, -0.05) is 43.5 Å². The van der Waals surface area contributed by atoms with Crippen LogP contribution in [0.25, 0.3) is 0 Å². The first-order chi connectivity index (χ1) is 22.9. The van der Waals surface area contributed by atoms with Crippen LogP contribution in [0.1, 0.15) is 64.3 Å². The number of carboxylic acids is 1. The Balaban J connectivity index is 1.31. The zero-order valence-corrected chi connectivity index (χ0v) is 28.2. The van der Waals surface area contributed by atoms with Gasteiger partial charge < -0.3 is 28.8 Å². The Kier molecular flexibility index (Phi) is 10.1. The molecule has 0 saturated carbocycles. The maximum atomic E-state index is 13.6. The van der Waals surface area contributed by atoms with E-state index in [4.69, 9.17) is 14.2 Å². The number of esters is 1. The first-order valence-corrected chi connectivity index (χ1v) is 16.3. The molecule has 256 valence electrons. The average molecular weight is 661 g/mol. The van der Waals surface area contributed by atoms with Gasteiger partial charge in [0.25, 0.3) is 5.69 Å². The predicted molar refractivity (Wildman–Crippen MR) is 178 cm³/mol. The van der Waals surface area contributed by atoms with Gasteiger partial charge in [0.05, 0.1) is 17.6 Å². The number of carboxylic acid groups (broad SMARTS) is 1. The van der Waals surface area contributed by atoms with Crippen molar-refractivity contribution < 1.29 is 33.8 Å². The molecule has 4 atom stereocenters. The molecule has 12 nitrogen and oxygen atoms in total. The summed E-state index contributed by atoms with van der Waals surface area (Å²) in [6.45, 7) is 6.54.